The van der Waals surface area contributed by atoms with E-state index in [9.17, 15) is 4.79 Å². The Bertz CT molecular complexity index is 964. The first kappa shape index (κ1) is 19.6. The molecule has 1 aliphatic heterocycles. The zero-order valence-corrected chi connectivity index (χ0v) is 16.9. The summed E-state index contributed by atoms with van der Waals surface area (Å²) in [5.74, 6) is 1.07. The first-order valence-electron chi connectivity index (χ1n) is 9.25. The molecule has 0 atom stereocenters. The number of ether oxygens (including phenoxy) is 2. The average molecular weight is 379 g/mol. The third-order valence-electron chi connectivity index (χ3n) is 4.73. The number of hydrogen-bond acceptors (Lipinski definition) is 5. The maximum atomic E-state index is 12.9. The molecule has 2 aromatic rings. The van der Waals surface area contributed by atoms with Gasteiger partial charge in [0, 0.05) is 30.6 Å². The Morgan fingerprint density at radius 2 is 2.11 bits per heavy atom. The van der Waals surface area contributed by atoms with Crippen LogP contribution in [0.4, 0.5) is 0 Å². The van der Waals surface area contributed by atoms with E-state index in [2.05, 4.69) is 9.98 Å². The lowest BCUT2D eigenvalue weighted by Gasteiger charge is -2.15. The number of aryl methyl sites for hydroxylation is 1. The van der Waals surface area contributed by atoms with Crippen molar-refractivity contribution in [1.29, 1.82) is 0 Å². The monoisotopic (exact) mass is 379 g/mol. The van der Waals surface area contributed by atoms with Crippen LogP contribution in [0.15, 0.2) is 41.2 Å². The number of aliphatic imine (C=N–C) groups is 1. The van der Waals surface area contributed by atoms with Gasteiger partial charge >= 0.3 is 0 Å². The molecule has 1 aromatic carbocycles. The molecule has 0 spiro atoms. The zero-order valence-electron chi connectivity index (χ0n) is 16.9. The van der Waals surface area contributed by atoms with Gasteiger partial charge in [-0.1, -0.05) is 12.1 Å². The number of aromatic nitrogens is 1. The number of benzene rings is 1. The standard InChI is InChI=1S/C22H25N3O3/c1-6-18(12-23-4)25-13-17-9-15(8-14(3)20(17)22(25)26)16-10-19(27-5)21(24-11-16)28-7-2/h6,8-12H,7,13H2,1-5H3/b18-6+,23-12-. The molecule has 1 amide bonds. The molecule has 2 heterocycles. The van der Waals surface area contributed by atoms with Crippen LogP contribution in [0.3, 0.4) is 0 Å². The largest absolute Gasteiger partial charge is 0.491 e. The van der Waals surface area contributed by atoms with Gasteiger partial charge in [-0.15, -0.1) is 0 Å². The van der Waals surface area contributed by atoms with Gasteiger partial charge in [-0.3, -0.25) is 9.79 Å². The molecule has 1 aromatic heterocycles. The van der Waals surface area contributed by atoms with E-state index in [0.717, 1.165) is 33.5 Å². The van der Waals surface area contributed by atoms with Gasteiger partial charge in [0.05, 0.1) is 26.0 Å². The van der Waals surface area contributed by atoms with E-state index < -0.39 is 0 Å². The predicted octanol–water partition coefficient (Wildman–Crippen LogP) is 4.02. The van der Waals surface area contributed by atoms with Crippen molar-refractivity contribution in [2.24, 2.45) is 4.99 Å². The van der Waals surface area contributed by atoms with Gasteiger partial charge in [-0.25, -0.2) is 4.98 Å². The Morgan fingerprint density at radius 3 is 2.75 bits per heavy atom. The number of carbonyl (C=O) groups excluding carboxylic acids is 1. The van der Waals surface area contributed by atoms with Crippen molar-refractivity contribution in [3.8, 4) is 22.8 Å². The van der Waals surface area contributed by atoms with Crippen LogP contribution < -0.4 is 9.47 Å². The summed E-state index contributed by atoms with van der Waals surface area (Å²) < 4.78 is 10.9. The summed E-state index contributed by atoms with van der Waals surface area (Å²) in [6, 6.07) is 5.97. The van der Waals surface area contributed by atoms with Crippen molar-refractivity contribution in [2.45, 2.75) is 27.3 Å². The minimum atomic E-state index is 0.00875. The fraction of sp³-hybridized carbons (Fsp3) is 0.318. The Balaban J connectivity index is 2.01. The van der Waals surface area contributed by atoms with Crippen LogP contribution in [-0.2, 0) is 6.54 Å². The fourth-order valence-corrected chi connectivity index (χ4v) is 3.46. The third kappa shape index (κ3) is 3.50. The summed E-state index contributed by atoms with van der Waals surface area (Å²) in [7, 11) is 3.30. The first-order valence-corrected chi connectivity index (χ1v) is 9.25. The number of methoxy groups -OCH3 is 1. The minimum absolute atomic E-state index is 0.00875. The van der Waals surface area contributed by atoms with Crippen LogP contribution in [0.1, 0.15) is 35.3 Å². The third-order valence-corrected chi connectivity index (χ3v) is 4.73. The second kappa shape index (κ2) is 8.25. The van der Waals surface area contributed by atoms with Crippen molar-refractivity contribution in [2.75, 3.05) is 20.8 Å². The topological polar surface area (TPSA) is 64.0 Å². The van der Waals surface area contributed by atoms with Gasteiger partial charge in [-0.05, 0) is 49.6 Å². The van der Waals surface area contributed by atoms with Crippen molar-refractivity contribution in [3.63, 3.8) is 0 Å². The number of amides is 1. The van der Waals surface area contributed by atoms with E-state index in [1.165, 1.54) is 0 Å². The van der Waals surface area contributed by atoms with Crippen LogP contribution in [0.2, 0.25) is 0 Å². The lowest BCUT2D eigenvalue weighted by atomic mass is 9.97. The fourth-order valence-electron chi connectivity index (χ4n) is 3.46. The smallest absolute Gasteiger partial charge is 0.259 e. The highest BCUT2D eigenvalue weighted by molar-refractivity contribution is 6.04. The number of rotatable bonds is 6. The first-order chi connectivity index (χ1) is 13.5. The molecule has 1 aliphatic rings. The van der Waals surface area contributed by atoms with Crippen molar-refractivity contribution in [1.82, 2.24) is 9.88 Å². The highest BCUT2D eigenvalue weighted by Crippen LogP contribution is 2.35. The summed E-state index contributed by atoms with van der Waals surface area (Å²) in [5, 5.41) is 0. The number of nitrogens with zero attached hydrogens (tertiary/aromatic N) is 3. The Morgan fingerprint density at radius 1 is 1.32 bits per heavy atom. The van der Waals surface area contributed by atoms with Crippen LogP contribution in [0.5, 0.6) is 11.6 Å². The summed E-state index contributed by atoms with van der Waals surface area (Å²) in [4.78, 5) is 23.1. The van der Waals surface area contributed by atoms with Gasteiger partial charge < -0.3 is 14.4 Å². The molecule has 0 fully saturated rings. The van der Waals surface area contributed by atoms with Crippen molar-refractivity contribution < 1.29 is 14.3 Å². The maximum absolute atomic E-state index is 12.9. The molecule has 146 valence electrons. The van der Waals surface area contributed by atoms with E-state index in [-0.39, 0.29) is 5.91 Å². The number of hydrogen-bond donors (Lipinski definition) is 0. The van der Waals surface area contributed by atoms with Gasteiger partial charge in [-0.2, -0.15) is 0 Å². The van der Waals surface area contributed by atoms with Crippen LogP contribution in [-0.4, -0.2) is 42.8 Å². The Labute approximate surface area is 165 Å². The molecular weight excluding hydrogens is 354 g/mol. The van der Waals surface area contributed by atoms with Crippen LogP contribution in [0.25, 0.3) is 11.1 Å². The number of allylic oxidation sites excluding steroid dienone is 2. The quantitative estimate of drug-likeness (QED) is 0.711. The average Bonchev–Trinajstić information content (AvgIpc) is 3.03. The summed E-state index contributed by atoms with van der Waals surface area (Å²) in [5.41, 5.74) is 5.41. The lowest BCUT2D eigenvalue weighted by Crippen LogP contribution is -2.24. The summed E-state index contributed by atoms with van der Waals surface area (Å²) in [6.45, 7) is 6.82. The van der Waals surface area contributed by atoms with E-state index in [4.69, 9.17) is 9.47 Å². The number of fused-ring (bicyclic) bond motifs is 1. The molecule has 6 nitrogen and oxygen atoms in total. The molecule has 0 saturated heterocycles. The maximum Gasteiger partial charge on any atom is 0.259 e. The highest BCUT2D eigenvalue weighted by Gasteiger charge is 2.31. The van der Waals surface area contributed by atoms with E-state index in [0.29, 0.717) is 24.8 Å². The number of pyridine rings is 1. The van der Waals surface area contributed by atoms with E-state index >= 15 is 0 Å². The van der Waals surface area contributed by atoms with E-state index in [1.54, 1.807) is 31.5 Å². The molecule has 0 aliphatic carbocycles. The highest BCUT2D eigenvalue weighted by atomic mass is 16.5. The molecular formula is C22H25N3O3. The number of carbonyl (C=O) groups is 1. The molecule has 6 heteroatoms. The van der Waals surface area contributed by atoms with Crippen LogP contribution >= 0.6 is 0 Å². The van der Waals surface area contributed by atoms with E-state index in [1.807, 2.05) is 45.0 Å². The Hall–Kier alpha value is -3.15. The second-order valence-electron chi connectivity index (χ2n) is 6.48. The zero-order chi connectivity index (χ0) is 20.3. The Kier molecular flexibility index (Phi) is 5.78. The molecule has 0 radical (unpaired) electrons. The van der Waals surface area contributed by atoms with Gasteiger partial charge in [0.25, 0.3) is 11.8 Å². The molecule has 0 saturated carbocycles. The summed E-state index contributed by atoms with van der Waals surface area (Å²) >= 11 is 0. The molecule has 0 unspecified atom stereocenters. The molecule has 0 bridgehead atoms. The van der Waals surface area contributed by atoms with Gasteiger partial charge in [0.1, 0.15) is 0 Å². The predicted molar refractivity (Wildman–Crippen MR) is 110 cm³/mol. The lowest BCUT2D eigenvalue weighted by molar-refractivity contribution is 0.0834. The van der Waals surface area contributed by atoms with Gasteiger partial charge in [0.15, 0.2) is 5.75 Å². The second-order valence-corrected chi connectivity index (χ2v) is 6.48. The SMILES string of the molecule is C/C=C(\C=N/C)N1Cc2cc(-c3cnc(OCC)c(OC)c3)cc(C)c2C1=O. The van der Waals surface area contributed by atoms with Gasteiger partial charge in [0.2, 0.25) is 0 Å². The molecule has 0 N–H and O–H groups in total. The molecule has 3 rings (SSSR count). The minimum Gasteiger partial charge on any atom is -0.491 e. The van der Waals surface area contributed by atoms with Crippen LogP contribution in [0, 0.1) is 6.92 Å². The van der Waals surface area contributed by atoms with Crippen molar-refractivity contribution in [3.05, 3.63) is 52.9 Å². The summed E-state index contributed by atoms with van der Waals surface area (Å²) in [6.07, 6.45) is 5.37. The van der Waals surface area contributed by atoms with Crippen molar-refractivity contribution >= 4 is 12.1 Å². The molecule has 28 heavy (non-hydrogen) atoms. The normalized spacial score (nSPS) is 14.0.